The first-order valence-corrected chi connectivity index (χ1v) is 10.7. The standard InChI is InChI=1S/C21H41N3O2.HI/c1-5-22-20(23-17-21(2,3)18-9-6-7-10-18)24-13-11-19(12-14-24)26-16-8-15-25-4;/h18-19H,5-17H2,1-4H3,(H,22,23);1H. The van der Waals surface area contributed by atoms with Crippen molar-refractivity contribution in [3.8, 4) is 0 Å². The first-order valence-electron chi connectivity index (χ1n) is 10.7. The molecule has 5 nitrogen and oxygen atoms in total. The van der Waals surface area contributed by atoms with E-state index in [1.165, 1.54) is 25.7 Å². The molecule has 0 spiro atoms. The highest BCUT2D eigenvalue weighted by molar-refractivity contribution is 14.0. The van der Waals surface area contributed by atoms with E-state index in [0.717, 1.165) is 70.5 Å². The Bertz CT molecular complexity index is 418. The summed E-state index contributed by atoms with van der Waals surface area (Å²) in [5, 5.41) is 3.51. The minimum Gasteiger partial charge on any atom is -0.385 e. The van der Waals surface area contributed by atoms with Gasteiger partial charge >= 0.3 is 0 Å². The molecule has 1 N–H and O–H groups in total. The Morgan fingerprint density at radius 2 is 1.78 bits per heavy atom. The van der Waals surface area contributed by atoms with E-state index in [1.807, 2.05) is 0 Å². The molecule has 0 unspecified atom stereocenters. The van der Waals surface area contributed by atoms with Gasteiger partial charge in [-0.25, -0.2) is 0 Å². The van der Waals surface area contributed by atoms with Crippen LogP contribution in [0.2, 0.25) is 0 Å². The van der Waals surface area contributed by atoms with Gasteiger partial charge in [-0.2, -0.15) is 0 Å². The molecule has 1 saturated heterocycles. The maximum atomic E-state index is 5.99. The van der Waals surface area contributed by atoms with Crippen LogP contribution in [0.1, 0.15) is 65.7 Å². The van der Waals surface area contributed by atoms with Gasteiger partial charge in [0.15, 0.2) is 5.96 Å². The lowest BCUT2D eigenvalue weighted by molar-refractivity contribution is 0.00986. The lowest BCUT2D eigenvalue weighted by Gasteiger charge is -2.35. The quantitative estimate of drug-likeness (QED) is 0.224. The van der Waals surface area contributed by atoms with Crippen molar-refractivity contribution >= 4 is 29.9 Å². The number of guanidine groups is 1. The van der Waals surface area contributed by atoms with Crippen molar-refractivity contribution in [2.75, 3.05) is 46.5 Å². The van der Waals surface area contributed by atoms with Crippen molar-refractivity contribution < 1.29 is 9.47 Å². The second-order valence-electron chi connectivity index (χ2n) is 8.54. The highest BCUT2D eigenvalue weighted by Gasteiger charge is 2.32. The highest BCUT2D eigenvalue weighted by Crippen LogP contribution is 2.39. The number of methoxy groups -OCH3 is 1. The van der Waals surface area contributed by atoms with Gasteiger partial charge in [0.25, 0.3) is 0 Å². The lowest BCUT2D eigenvalue weighted by atomic mass is 9.78. The number of piperidine rings is 1. The molecule has 0 aromatic heterocycles. The van der Waals surface area contributed by atoms with Gasteiger partial charge in [-0.05, 0) is 50.4 Å². The van der Waals surface area contributed by atoms with Crippen LogP contribution in [-0.4, -0.2) is 63.5 Å². The van der Waals surface area contributed by atoms with E-state index >= 15 is 0 Å². The van der Waals surface area contributed by atoms with Crippen LogP contribution < -0.4 is 5.32 Å². The first-order chi connectivity index (χ1) is 12.6. The first kappa shape index (κ1) is 25.0. The van der Waals surface area contributed by atoms with Crippen LogP contribution >= 0.6 is 24.0 Å². The molecular formula is C21H42IN3O2. The van der Waals surface area contributed by atoms with Crippen molar-refractivity contribution in [2.45, 2.75) is 71.8 Å². The monoisotopic (exact) mass is 495 g/mol. The smallest absolute Gasteiger partial charge is 0.193 e. The molecule has 2 aliphatic rings. The molecular weight excluding hydrogens is 453 g/mol. The van der Waals surface area contributed by atoms with Crippen molar-refractivity contribution in [1.29, 1.82) is 0 Å². The number of rotatable bonds is 9. The number of aliphatic imine (C=N–C) groups is 1. The van der Waals surface area contributed by atoms with Gasteiger partial charge in [0, 0.05) is 46.5 Å². The zero-order valence-electron chi connectivity index (χ0n) is 18.0. The van der Waals surface area contributed by atoms with Gasteiger partial charge in [0.05, 0.1) is 6.10 Å². The van der Waals surface area contributed by atoms with Gasteiger partial charge in [0.2, 0.25) is 0 Å². The Morgan fingerprint density at radius 1 is 1.11 bits per heavy atom. The fourth-order valence-electron chi connectivity index (χ4n) is 4.23. The molecule has 0 atom stereocenters. The summed E-state index contributed by atoms with van der Waals surface area (Å²) < 4.78 is 11.1. The van der Waals surface area contributed by atoms with Crippen molar-refractivity contribution in [3.05, 3.63) is 0 Å². The Morgan fingerprint density at radius 3 is 2.37 bits per heavy atom. The Hall–Kier alpha value is -0.0800. The summed E-state index contributed by atoms with van der Waals surface area (Å²) in [6.45, 7) is 12.5. The highest BCUT2D eigenvalue weighted by atomic mass is 127. The third kappa shape index (κ3) is 8.44. The Kier molecular flexibility index (Phi) is 12.2. The summed E-state index contributed by atoms with van der Waals surface area (Å²) in [5.74, 6) is 1.93. The molecule has 1 heterocycles. The molecule has 1 aliphatic carbocycles. The maximum absolute atomic E-state index is 5.99. The average Bonchev–Trinajstić information content (AvgIpc) is 3.19. The number of halogens is 1. The number of nitrogens with one attached hydrogen (secondary N) is 1. The number of ether oxygens (including phenoxy) is 2. The van der Waals surface area contributed by atoms with Gasteiger partial charge in [-0.1, -0.05) is 26.7 Å². The average molecular weight is 495 g/mol. The predicted molar refractivity (Wildman–Crippen MR) is 124 cm³/mol. The number of hydrogen-bond acceptors (Lipinski definition) is 3. The van der Waals surface area contributed by atoms with Crippen LogP contribution in [0.15, 0.2) is 4.99 Å². The van der Waals surface area contributed by atoms with E-state index < -0.39 is 0 Å². The predicted octanol–water partition coefficient (Wildman–Crippen LogP) is 4.30. The SMILES string of the molecule is CCNC(=NCC(C)(C)C1CCCC1)N1CCC(OCCCOC)CC1.I. The molecule has 0 aromatic rings. The molecule has 1 aliphatic heterocycles. The number of likely N-dealkylation sites (tertiary alicyclic amines) is 1. The minimum absolute atomic E-state index is 0. The van der Waals surface area contributed by atoms with Gasteiger partial charge < -0.3 is 19.7 Å². The van der Waals surface area contributed by atoms with E-state index in [2.05, 4.69) is 31.0 Å². The molecule has 0 amide bonds. The fraction of sp³-hybridized carbons (Fsp3) is 0.952. The zero-order valence-corrected chi connectivity index (χ0v) is 20.3. The summed E-state index contributed by atoms with van der Waals surface area (Å²) in [6.07, 6.45) is 9.10. The summed E-state index contributed by atoms with van der Waals surface area (Å²) >= 11 is 0. The maximum Gasteiger partial charge on any atom is 0.193 e. The Labute approximate surface area is 184 Å². The molecule has 0 bridgehead atoms. The second-order valence-corrected chi connectivity index (χ2v) is 8.54. The van der Waals surface area contributed by atoms with Gasteiger partial charge in [-0.3, -0.25) is 4.99 Å². The van der Waals surface area contributed by atoms with Crippen LogP contribution in [-0.2, 0) is 9.47 Å². The number of nitrogens with zero attached hydrogens (tertiary/aromatic N) is 2. The molecule has 0 radical (unpaired) electrons. The van der Waals surface area contributed by atoms with Gasteiger partial charge in [0.1, 0.15) is 0 Å². The molecule has 2 fully saturated rings. The van der Waals surface area contributed by atoms with Crippen LogP contribution in [0.5, 0.6) is 0 Å². The van der Waals surface area contributed by atoms with Crippen LogP contribution in [0.4, 0.5) is 0 Å². The third-order valence-electron chi connectivity index (χ3n) is 6.02. The summed E-state index contributed by atoms with van der Waals surface area (Å²) in [7, 11) is 1.74. The van der Waals surface area contributed by atoms with Crippen molar-refractivity contribution in [2.24, 2.45) is 16.3 Å². The molecule has 27 heavy (non-hydrogen) atoms. The van der Waals surface area contributed by atoms with Crippen LogP contribution in [0, 0.1) is 11.3 Å². The van der Waals surface area contributed by atoms with E-state index in [9.17, 15) is 0 Å². The van der Waals surface area contributed by atoms with Crippen LogP contribution in [0.3, 0.4) is 0 Å². The zero-order chi connectivity index (χ0) is 18.8. The van der Waals surface area contributed by atoms with Crippen molar-refractivity contribution in [3.63, 3.8) is 0 Å². The van der Waals surface area contributed by atoms with Crippen molar-refractivity contribution in [1.82, 2.24) is 10.2 Å². The molecule has 160 valence electrons. The Balaban J connectivity index is 0.00000364. The summed E-state index contributed by atoms with van der Waals surface area (Å²) in [6, 6.07) is 0. The van der Waals surface area contributed by atoms with E-state index in [4.69, 9.17) is 14.5 Å². The lowest BCUT2D eigenvalue weighted by Crippen LogP contribution is -2.47. The largest absolute Gasteiger partial charge is 0.385 e. The molecule has 6 heteroatoms. The van der Waals surface area contributed by atoms with E-state index in [-0.39, 0.29) is 24.0 Å². The van der Waals surface area contributed by atoms with Gasteiger partial charge in [-0.15, -0.1) is 24.0 Å². The normalized spacial score (nSPS) is 20.0. The van der Waals surface area contributed by atoms with Crippen LogP contribution in [0.25, 0.3) is 0 Å². The number of hydrogen-bond donors (Lipinski definition) is 1. The summed E-state index contributed by atoms with van der Waals surface area (Å²) in [4.78, 5) is 7.46. The summed E-state index contributed by atoms with van der Waals surface area (Å²) in [5.41, 5.74) is 0.306. The second kappa shape index (κ2) is 13.2. The topological polar surface area (TPSA) is 46.1 Å². The molecule has 0 aromatic carbocycles. The molecule has 1 saturated carbocycles. The fourth-order valence-corrected chi connectivity index (χ4v) is 4.23. The third-order valence-corrected chi connectivity index (χ3v) is 6.02. The van der Waals surface area contributed by atoms with E-state index in [0.29, 0.717) is 11.5 Å². The molecule has 2 rings (SSSR count). The van der Waals surface area contributed by atoms with E-state index in [1.54, 1.807) is 7.11 Å². The minimum atomic E-state index is 0.